The van der Waals surface area contributed by atoms with Gasteiger partial charge in [0.05, 0.1) is 6.54 Å². The zero-order valence-electron chi connectivity index (χ0n) is 17.7. The van der Waals surface area contributed by atoms with Crippen molar-refractivity contribution in [2.24, 2.45) is 0 Å². The maximum absolute atomic E-state index is 11.3. The molecule has 0 amide bonds. The van der Waals surface area contributed by atoms with E-state index in [9.17, 15) is 4.79 Å². The summed E-state index contributed by atoms with van der Waals surface area (Å²) in [7, 11) is 0. The first kappa shape index (κ1) is 20.4. The van der Waals surface area contributed by atoms with Crippen molar-refractivity contribution >= 4 is 11.6 Å². The van der Waals surface area contributed by atoms with Crippen LogP contribution in [0.25, 0.3) is 0 Å². The summed E-state index contributed by atoms with van der Waals surface area (Å²) in [4.78, 5) is 18.5. The van der Waals surface area contributed by atoms with Crippen LogP contribution in [-0.4, -0.2) is 30.0 Å². The molecule has 0 bridgehead atoms. The standard InChI is InChI=1S/C24H32N2O2/c1-17(15-18(2)27)19-9-11-20(12-10-19)28-21-13-14-26(16-21)23-8-6-7-22(25-23)24(3,4)5/h6-12,17,21H,13-16H2,1-5H3/t17-,21?/m1/s1. The highest BCUT2D eigenvalue weighted by Gasteiger charge is 2.26. The number of ether oxygens (including phenoxy) is 1. The van der Waals surface area contributed by atoms with Gasteiger partial charge in [-0.25, -0.2) is 4.98 Å². The Hall–Kier alpha value is -2.36. The number of hydrogen-bond acceptors (Lipinski definition) is 4. The lowest BCUT2D eigenvalue weighted by molar-refractivity contribution is -0.117. The van der Waals surface area contributed by atoms with Crippen molar-refractivity contribution in [2.45, 2.75) is 64.9 Å². The number of aromatic nitrogens is 1. The molecule has 1 aromatic heterocycles. The van der Waals surface area contributed by atoms with Crippen LogP contribution in [-0.2, 0) is 10.2 Å². The van der Waals surface area contributed by atoms with Crippen LogP contribution in [0.1, 0.15) is 64.6 Å². The number of hydrogen-bond donors (Lipinski definition) is 0. The molecule has 1 saturated heterocycles. The quantitative estimate of drug-likeness (QED) is 0.698. The molecule has 1 aromatic carbocycles. The minimum atomic E-state index is 0.0485. The molecule has 0 N–H and O–H groups in total. The van der Waals surface area contributed by atoms with Gasteiger partial charge >= 0.3 is 0 Å². The van der Waals surface area contributed by atoms with Crippen LogP contribution in [0.4, 0.5) is 5.82 Å². The molecule has 0 radical (unpaired) electrons. The van der Waals surface area contributed by atoms with Crippen molar-refractivity contribution < 1.29 is 9.53 Å². The third kappa shape index (κ3) is 5.12. The van der Waals surface area contributed by atoms with Crippen LogP contribution >= 0.6 is 0 Å². The molecule has 3 rings (SSSR count). The second kappa shape index (κ2) is 8.34. The van der Waals surface area contributed by atoms with Gasteiger partial charge in [0.2, 0.25) is 0 Å². The molecule has 4 nitrogen and oxygen atoms in total. The number of benzene rings is 1. The van der Waals surface area contributed by atoms with Gasteiger partial charge in [-0.2, -0.15) is 0 Å². The summed E-state index contributed by atoms with van der Waals surface area (Å²) in [5.41, 5.74) is 2.34. The van der Waals surface area contributed by atoms with Crippen molar-refractivity contribution in [3.8, 4) is 5.75 Å². The average molecular weight is 381 g/mol. The fourth-order valence-electron chi connectivity index (χ4n) is 3.67. The van der Waals surface area contributed by atoms with Crippen LogP contribution in [0.3, 0.4) is 0 Å². The lowest BCUT2D eigenvalue weighted by Gasteiger charge is -2.22. The maximum atomic E-state index is 11.3. The lowest BCUT2D eigenvalue weighted by Crippen LogP contribution is -2.26. The van der Waals surface area contributed by atoms with E-state index in [1.54, 1.807) is 6.92 Å². The highest BCUT2D eigenvalue weighted by molar-refractivity contribution is 5.76. The van der Waals surface area contributed by atoms with Crippen LogP contribution < -0.4 is 9.64 Å². The Kier molecular flexibility index (Phi) is 6.07. The second-order valence-corrected chi connectivity index (χ2v) is 8.98. The number of rotatable bonds is 6. The fraction of sp³-hybridized carbons (Fsp3) is 0.500. The summed E-state index contributed by atoms with van der Waals surface area (Å²) in [6, 6.07) is 14.5. The zero-order valence-corrected chi connectivity index (χ0v) is 17.7. The minimum absolute atomic E-state index is 0.0485. The number of Topliss-reactive ketones (excluding diaryl/α,β-unsaturated/α-hetero) is 1. The molecule has 1 unspecified atom stereocenters. The van der Waals surface area contributed by atoms with Crippen LogP contribution in [0.2, 0.25) is 0 Å². The predicted molar refractivity (Wildman–Crippen MR) is 114 cm³/mol. The summed E-state index contributed by atoms with van der Waals surface area (Å²) in [5.74, 6) is 2.40. The van der Waals surface area contributed by atoms with Gasteiger partial charge in [-0.05, 0) is 42.7 Å². The first-order valence-electron chi connectivity index (χ1n) is 10.2. The van der Waals surface area contributed by atoms with E-state index in [1.807, 2.05) is 12.1 Å². The van der Waals surface area contributed by atoms with Crippen LogP contribution in [0.5, 0.6) is 5.75 Å². The van der Waals surface area contributed by atoms with E-state index in [0.29, 0.717) is 6.42 Å². The van der Waals surface area contributed by atoms with Gasteiger partial charge in [0, 0.05) is 30.5 Å². The number of carbonyl (C=O) groups is 1. The molecule has 0 spiro atoms. The molecule has 0 saturated carbocycles. The van der Waals surface area contributed by atoms with Crippen LogP contribution in [0, 0.1) is 0 Å². The molecule has 1 aliphatic rings. The Bertz CT molecular complexity index is 808. The molecule has 0 aliphatic carbocycles. The molecule has 1 fully saturated rings. The predicted octanol–water partition coefficient (Wildman–Crippen LogP) is 5.12. The topological polar surface area (TPSA) is 42.4 Å². The van der Waals surface area contributed by atoms with Crippen molar-refractivity contribution in [2.75, 3.05) is 18.0 Å². The number of anilines is 1. The lowest BCUT2D eigenvalue weighted by atomic mass is 9.92. The SMILES string of the molecule is CC(=O)C[C@@H](C)c1ccc(OC2CCN(c3cccc(C(C)(C)C)n3)C2)cc1. The summed E-state index contributed by atoms with van der Waals surface area (Å²) in [5, 5.41) is 0. The molecule has 150 valence electrons. The van der Waals surface area contributed by atoms with Gasteiger partial charge in [-0.3, -0.25) is 0 Å². The van der Waals surface area contributed by atoms with Crippen LogP contribution in [0.15, 0.2) is 42.5 Å². The molecule has 28 heavy (non-hydrogen) atoms. The molecular weight excluding hydrogens is 348 g/mol. The minimum Gasteiger partial charge on any atom is -0.489 e. The Morgan fingerprint density at radius 2 is 1.93 bits per heavy atom. The van der Waals surface area contributed by atoms with Crippen molar-refractivity contribution in [1.82, 2.24) is 4.98 Å². The first-order chi connectivity index (χ1) is 13.2. The van der Waals surface area contributed by atoms with Crippen molar-refractivity contribution in [1.29, 1.82) is 0 Å². The number of nitrogens with zero attached hydrogens (tertiary/aromatic N) is 2. The number of carbonyl (C=O) groups excluding carboxylic acids is 1. The van der Waals surface area contributed by atoms with Crippen molar-refractivity contribution in [3.05, 3.63) is 53.7 Å². The van der Waals surface area contributed by atoms with E-state index in [2.05, 4.69) is 62.9 Å². The van der Waals surface area contributed by atoms with E-state index in [1.165, 1.54) is 5.56 Å². The number of pyridine rings is 1. The van der Waals surface area contributed by atoms with E-state index >= 15 is 0 Å². The Labute approximate surface area is 168 Å². The molecule has 2 atom stereocenters. The van der Waals surface area contributed by atoms with Gasteiger partial charge in [0.25, 0.3) is 0 Å². The third-order valence-electron chi connectivity index (χ3n) is 5.32. The average Bonchev–Trinajstić information content (AvgIpc) is 3.10. The van der Waals surface area contributed by atoms with Gasteiger partial charge in [0.1, 0.15) is 23.5 Å². The van der Waals surface area contributed by atoms with Gasteiger partial charge < -0.3 is 14.4 Å². The van der Waals surface area contributed by atoms with E-state index in [4.69, 9.17) is 9.72 Å². The Morgan fingerprint density at radius 1 is 1.21 bits per heavy atom. The smallest absolute Gasteiger partial charge is 0.130 e. The second-order valence-electron chi connectivity index (χ2n) is 8.98. The highest BCUT2D eigenvalue weighted by Crippen LogP contribution is 2.27. The summed E-state index contributed by atoms with van der Waals surface area (Å²) >= 11 is 0. The first-order valence-corrected chi connectivity index (χ1v) is 10.2. The van der Waals surface area contributed by atoms with Gasteiger partial charge in [0.15, 0.2) is 0 Å². The summed E-state index contributed by atoms with van der Waals surface area (Å²) in [6.45, 7) is 12.1. The third-order valence-corrected chi connectivity index (χ3v) is 5.32. The molecular formula is C24H32N2O2. The zero-order chi connectivity index (χ0) is 20.3. The number of ketones is 1. The van der Waals surface area contributed by atoms with Crippen molar-refractivity contribution in [3.63, 3.8) is 0 Å². The van der Waals surface area contributed by atoms with E-state index in [-0.39, 0.29) is 23.2 Å². The van der Waals surface area contributed by atoms with E-state index in [0.717, 1.165) is 36.8 Å². The fourth-order valence-corrected chi connectivity index (χ4v) is 3.67. The largest absolute Gasteiger partial charge is 0.489 e. The van der Waals surface area contributed by atoms with Gasteiger partial charge in [-0.15, -0.1) is 0 Å². The van der Waals surface area contributed by atoms with E-state index < -0.39 is 0 Å². The maximum Gasteiger partial charge on any atom is 0.130 e. The van der Waals surface area contributed by atoms with Gasteiger partial charge in [-0.1, -0.05) is 45.9 Å². The Morgan fingerprint density at radius 3 is 2.57 bits per heavy atom. The molecule has 1 aliphatic heterocycles. The highest BCUT2D eigenvalue weighted by atomic mass is 16.5. The molecule has 4 heteroatoms. The molecule has 2 aromatic rings. The summed E-state index contributed by atoms with van der Waals surface area (Å²) in [6.07, 6.45) is 1.74. The normalized spacial score (nSPS) is 18.2. The summed E-state index contributed by atoms with van der Waals surface area (Å²) < 4.78 is 6.20. The Balaban J connectivity index is 1.60. The monoisotopic (exact) mass is 380 g/mol. The molecule has 2 heterocycles.